The van der Waals surface area contributed by atoms with Crippen LogP contribution < -0.4 is 16.7 Å². The van der Waals surface area contributed by atoms with Crippen LogP contribution in [0.15, 0.2) is 47.4 Å². The minimum absolute atomic E-state index is 0.0293. The van der Waals surface area contributed by atoms with Crippen molar-refractivity contribution in [3.63, 3.8) is 0 Å². The first-order chi connectivity index (χ1) is 13.1. The van der Waals surface area contributed by atoms with Crippen LogP contribution in [-0.2, 0) is 11.3 Å². The maximum Gasteiger partial charge on any atom is 0.299 e. The molecule has 3 N–H and O–H groups in total. The van der Waals surface area contributed by atoms with Crippen LogP contribution >= 0.6 is 12.2 Å². The van der Waals surface area contributed by atoms with E-state index in [1.165, 1.54) is 6.20 Å². The van der Waals surface area contributed by atoms with Gasteiger partial charge in [-0.05, 0) is 23.8 Å². The number of fused-ring (bicyclic) bond motifs is 3. The first-order valence-corrected chi connectivity index (χ1v) is 8.41. The molecule has 27 heavy (non-hydrogen) atoms. The molecule has 136 valence electrons. The number of rotatable bonds is 4. The number of ether oxygens (including phenoxy) is 1. The van der Waals surface area contributed by atoms with Gasteiger partial charge in [-0.3, -0.25) is 10.2 Å². The molecule has 0 amide bonds. The smallest absolute Gasteiger partial charge is 0.299 e. The molecule has 0 aliphatic heterocycles. The van der Waals surface area contributed by atoms with Gasteiger partial charge in [0.1, 0.15) is 5.52 Å². The van der Waals surface area contributed by atoms with Crippen molar-refractivity contribution < 1.29 is 4.74 Å². The lowest BCUT2D eigenvalue weighted by Crippen LogP contribution is -2.36. The third-order valence-electron chi connectivity index (χ3n) is 4.03. The van der Waals surface area contributed by atoms with Crippen LogP contribution in [0.5, 0.6) is 0 Å². The number of methoxy groups -OCH3 is 1. The minimum atomic E-state index is -0.431. The highest BCUT2D eigenvalue weighted by Gasteiger charge is 2.19. The second-order valence-corrected chi connectivity index (χ2v) is 6.20. The van der Waals surface area contributed by atoms with Crippen LogP contribution in [-0.4, -0.2) is 36.7 Å². The number of pyridine rings is 1. The van der Waals surface area contributed by atoms with Crippen molar-refractivity contribution in [1.82, 2.24) is 24.5 Å². The summed E-state index contributed by atoms with van der Waals surface area (Å²) in [5, 5.41) is 13.0. The lowest BCUT2D eigenvalue weighted by atomic mass is 10.1. The Hall–Kier alpha value is -3.37. The van der Waals surface area contributed by atoms with E-state index in [1.807, 2.05) is 30.3 Å². The van der Waals surface area contributed by atoms with Gasteiger partial charge in [-0.1, -0.05) is 30.3 Å². The summed E-state index contributed by atoms with van der Waals surface area (Å²) in [7, 11) is 1.60. The van der Waals surface area contributed by atoms with E-state index in [0.717, 1.165) is 15.8 Å². The fourth-order valence-corrected chi connectivity index (χ4v) is 3.03. The van der Waals surface area contributed by atoms with E-state index in [9.17, 15) is 4.79 Å². The summed E-state index contributed by atoms with van der Waals surface area (Å²) in [5.41, 5.74) is 11.2. The maximum atomic E-state index is 12.6. The molecule has 10 heteroatoms. The normalized spacial score (nSPS) is 11.1. The summed E-state index contributed by atoms with van der Waals surface area (Å²) in [6.07, 6.45) is 1.52. The molecule has 4 rings (SSSR count). The largest absolute Gasteiger partial charge is 0.378 e. The fourth-order valence-electron chi connectivity index (χ4n) is 2.94. The summed E-state index contributed by atoms with van der Waals surface area (Å²) in [4.78, 5) is 12.6. The Kier molecular flexibility index (Phi) is 4.26. The molecule has 0 atom stereocenters. The Balaban J connectivity index is 2.02. The van der Waals surface area contributed by atoms with E-state index in [0.29, 0.717) is 23.5 Å². The van der Waals surface area contributed by atoms with Gasteiger partial charge in [0.25, 0.3) is 5.56 Å². The third kappa shape index (κ3) is 2.90. The Morgan fingerprint density at radius 3 is 2.74 bits per heavy atom. The first kappa shape index (κ1) is 17.1. The van der Waals surface area contributed by atoms with E-state index in [2.05, 4.69) is 20.7 Å². The van der Waals surface area contributed by atoms with Crippen LogP contribution in [0.4, 0.5) is 0 Å². The zero-order valence-electron chi connectivity index (χ0n) is 14.3. The molecule has 0 saturated carbocycles. The Morgan fingerprint density at radius 2 is 2.04 bits per heavy atom. The summed E-state index contributed by atoms with van der Waals surface area (Å²) in [6, 6.07) is 11.4. The van der Waals surface area contributed by atoms with Gasteiger partial charge in [-0.2, -0.15) is 5.10 Å². The Morgan fingerprint density at radius 1 is 1.26 bits per heavy atom. The van der Waals surface area contributed by atoms with Gasteiger partial charge in [0.2, 0.25) is 0 Å². The molecule has 3 aromatic heterocycles. The second kappa shape index (κ2) is 6.74. The van der Waals surface area contributed by atoms with Crippen molar-refractivity contribution in [2.75, 3.05) is 12.5 Å². The van der Waals surface area contributed by atoms with Crippen molar-refractivity contribution in [3.05, 3.63) is 58.6 Å². The van der Waals surface area contributed by atoms with Crippen LogP contribution in [0.1, 0.15) is 5.69 Å². The predicted molar refractivity (Wildman–Crippen MR) is 105 cm³/mol. The van der Waals surface area contributed by atoms with Crippen molar-refractivity contribution in [2.24, 2.45) is 5.73 Å². The highest BCUT2D eigenvalue weighted by molar-refractivity contribution is 7.80. The molecule has 0 radical (unpaired) electrons. The zero-order valence-corrected chi connectivity index (χ0v) is 15.1. The van der Waals surface area contributed by atoms with E-state index in [1.54, 1.807) is 17.7 Å². The molecule has 3 heterocycles. The molecule has 0 bridgehead atoms. The maximum absolute atomic E-state index is 12.6. The SMILES string of the molecule is COCc1nn2c(nnc3c(=O)n(NC(N)=S)ccc32)c1-c1ccccc1. The van der Waals surface area contributed by atoms with Crippen LogP contribution in [0.25, 0.3) is 27.8 Å². The number of nitrogens with two attached hydrogens (primary N) is 1. The van der Waals surface area contributed by atoms with Crippen LogP contribution in [0.3, 0.4) is 0 Å². The molecular formula is C17H15N7O2S. The minimum Gasteiger partial charge on any atom is -0.378 e. The number of hydrogen-bond acceptors (Lipinski definition) is 6. The van der Waals surface area contributed by atoms with Gasteiger partial charge in [0, 0.05) is 13.3 Å². The number of benzene rings is 1. The van der Waals surface area contributed by atoms with Gasteiger partial charge in [-0.15, -0.1) is 10.2 Å². The van der Waals surface area contributed by atoms with Crippen LogP contribution in [0, 0.1) is 0 Å². The molecule has 1 aromatic carbocycles. The number of nitrogens with zero attached hydrogens (tertiary/aromatic N) is 5. The van der Waals surface area contributed by atoms with Crippen molar-refractivity contribution >= 4 is 34.0 Å². The number of nitrogens with one attached hydrogen (secondary N) is 1. The molecule has 4 aromatic rings. The monoisotopic (exact) mass is 381 g/mol. The number of thiocarbonyl (C=S) groups is 1. The summed E-state index contributed by atoms with van der Waals surface area (Å²) in [6.45, 7) is 0.301. The summed E-state index contributed by atoms with van der Waals surface area (Å²) in [5.74, 6) is 0. The molecule has 9 nitrogen and oxygen atoms in total. The van der Waals surface area contributed by atoms with E-state index < -0.39 is 5.56 Å². The van der Waals surface area contributed by atoms with Gasteiger partial charge in [-0.25, -0.2) is 9.19 Å². The standard InChI is InChI=1S/C17H15N7O2S/c1-26-9-11-13(10-5-3-2-4-6-10)15-20-19-14-12(24(15)21-11)7-8-23(16(14)25)22-17(18)27/h2-8H,9H2,1H3,(H3,18,22,27). The predicted octanol–water partition coefficient (Wildman–Crippen LogP) is 1.04. The highest BCUT2D eigenvalue weighted by Crippen LogP contribution is 2.28. The zero-order chi connectivity index (χ0) is 19.0. The van der Waals surface area contributed by atoms with Crippen LogP contribution in [0.2, 0.25) is 0 Å². The Bertz CT molecular complexity index is 1220. The molecule has 0 unspecified atom stereocenters. The van der Waals surface area contributed by atoms with Crippen molar-refractivity contribution in [1.29, 1.82) is 0 Å². The second-order valence-electron chi connectivity index (χ2n) is 5.76. The average Bonchev–Trinajstić information content (AvgIpc) is 3.03. The van der Waals surface area contributed by atoms with Gasteiger partial charge in [0.05, 0.1) is 17.9 Å². The van der Waals surface area contributed by atoms with Gasteiger partial charge >= 0.3 is 0 Å². The van der Waals surface area contributed by atoms with Crippen molar-refractivity contribution in [2.45, 2.75) is 6.61 Å². The van der Waals surface area contributed by atoms with E-state index in [-0.39, 0.29) is 10.6 Å². The molecule has 0 aliphatic rings. The topological polar surface area (TPSA) is 112 Å². The lowest BCUT2D eigenvalue weighted by Gasteiger charge is -2.08. The summed E-state index contributed by atoms with van der Waals surface area (Å²) >= 11 is 4.78. The van der Waals surface area contributed by atoms with Gasteiger partial charge < -0.3 is 10.5 Å². The van der Waals surface area contributed by atoms with E-state index >= 15 is 0 Å². The van der Waals surface area contributed by atoms with E-state index in [4.69, 9.17) is 22.7 Å². The molecule has 0 spiro atoms. The molecule has 0 saturated heterocycles. The molecular weight excluding hydrogens is 366 g/mol. The van der Waals surface area contributed by atoms with Crippen molar-refractivity contribution in [3.8, 4) is 11.1 Å². The Labute approximate surface area is 158 Å². The highest BCUT2D eigenvalue weighted by atomic mass is 32.1. The fraction of sp³-hybridized carbons (Fsp3) is 0.118. The number of hydrogen-bond donors (Lipinski definition) is 2. The molecule has 0 fully saturated rings. The quantitative estimate of drug-likeness (QED) is 0.504. The average molecular weight is 381 g/mol. The number of aromatic nitrogens is 5. The third-order valence-corrected chi connectivity index (χ3v) is 4.12. The molecule has 0 aliphatic carbocycles. The van der Waals surface area contributed by atoms with Gasteiger partial charge in [0.15, 0.2) is 16.3 Å². The lowest BCUT2D eigenvalue weighted by molar-refractivity contribution is 0.181. The first-order valence-electron chi connectivity index (χ1n) is 8.00. The summed E-state index contributed by atoms with van der Waals surface area (Å²) < 4.78 is 8.05.